The number of pyridine rings is 1. The van der Waals surface area contributed by atoms with Crippen LogP contribution in [0.4, 0.5) is 10.2 Å². The first-order valence-corrected chi connectivity index (χ1v) is 7.01. The van der Waals surface area contributed by atoms with Crippen molar-refractivity contribution in [1.29, 1.82) is 0 Å². The number of rotatable bonds is 2. The lowest BCUT2D eigenvalue weighted by atomic mass is 9.75. The van der Waals surface area contributed by atoms with E-state index in [2.05, 4.69) is 30.7 Å². The number of halogens is 1. The third-order valence-electron chi connectivity index (χ3n) is 4.15. The molecule has 0 radical (unpaired) electrons. The van der Waals surface area contributed by atoms with Gasteiger partial charge in [-0.3, -0.25) is 0 Å². The molecule has 1 fully saturated rings. The van der Waals surface area contributed by atoms with Crippen molar-refractivity contribution in [2.75, 3.05) is 18.0 Å². The van der Waals surface area contributed by atoms with Crippen LogP contribution in [0.2, 0.25) is 0 Å². The van der Waals surface area contributed by atoms with Gasteiger partial charge < -0.3 is 10.6 Å². The zero-order valence-electron chi connectivity index (χ0n) is 12.1. The van der Waals surface area contributed by atoms with Gasteiger partial charge in [-0.1, -0.05) is 20.8 Å². The Morgan fingerprint density at radius 2 is 2.00 bits per heavy atom. The molecular formula is C15H24FN3. The number of anilines is 1. The van der Waals surface area contributed by atoms with Crippen LogP contribution in [0.3, 0.4) is 0 Å². The van der Waals surface area contributed by atoms with E-state index in [1.165, 1.54) is 12.3 Å². The van der Waals surface area contributed by atoms with E-state index < -0.39 is 0 Å². The van der Waals surface area contributed by atoms with Gasteiger partial charge in [-0.05, 0) is 30.2 Å². The first-order chi connectivity index (χ1) is 8.91. The van der Waals surface area contributed by atoms with Gasteiger partial charge in [-0.2, -0.15) is 0 Å². The maximum absolute atomic E-state index is 13.2. The highest BCUT2D eigenvalue weighted by Gasteiger charge is 2.29. The summed E-state index contributed by atoms with van der Waals surface area (Å²) in [5.41, 5.74) is 6.85. The van der Waals surface area contributed by atoms with Gasteiger partial charge >= 0.3 is 0 Å². The fraction of sp³-hybridized carbons (Fsp3) is 0.667. The van der Waals surface area contributed by atoms with Crippen molar-refractivity contribution in [2.45, 2.75) is 40.2 Å². The van der Waals surface area contributed by atoms with Gasteiger partial charge in [0.05, 0.1) is 6.20 Å². The Morgan fingerprint density at radius 3 is 2.53 bits per heavy atom. The number of piperidine rings is 1. The fourth-order valence-corrected chi connectivity index (χ4v) is 2.87. The average molecular weight is 265 g/mol. The van der Waals surface area contributed by atoms with Crippen LogP contribution < -0.4 is 10.6 Å². The van der Waals surface area contributed by atoms with Crippen LogP contribution in [-0.4, -0.2) is 18.1 Å². The molecule has 1 aliphatic heterocycles. The van der Waals surface area contributed by atoms with Crippen LogP contribution in [0.5, 0.6) is 0 Å². The standard InChI is InChI=1S/C15H24FN3/c1-15(2,3)12-4-6-19(7-5-12)14-11(9-17)8-13(16)10-18-14/h8,10,12H,4-7,9,17H2,1-3H3. The predicted octanol–water partition coefficient (Wildman–Crippen LogP) is 2.94. The number of nitrogens with two attached hydrogens (primary N) is 1. The largest absolute Gasteiger partial charge is 0.356 e. The minimum Gasteiger partial charge on any atom is -0.356 e. The Hall–Kier alpha value is -1.16. The Balaban J connectivity index is 2.10. The second-order valence-electron chi connectivity index (χ2n) is 6.47. The summed E-state index contributed by atoms with van der Waals surface area (Å²) in [5.74, 6) is 1.29. The molecule has 1 aromatic rings. The Labute approximate surface area is 115 Å². The molecule has 2 rings (SSSR count). The summed E-state index contributed by atoms with van der Waals surface area (Å²) in [6.07, 6.45) is 3.60. The third kappa shape index (κ3) is 3.24. The van der Waals surface area contributed by atoms with Crippen molar-refractivity contribution in [3.05, 3.63) is 23.6 Å². The van der Waals surface area contributed by atoms with Crippen molar-refractivity contribution in [1.82, 2.24) is 4.98 Å². The molecule has 0 saturated carbocycles. The first-order valence-electron chi connectivity index (χ1n) is 7.01. The smallest absolute Gasteiger partial charge is 0.141 e. The summed E-state index contributed by atoms with van der Waals surface area (Å²) in [4.78, 5) is 6.47. The minimum atomic E-state index is -0.311. The maximum Gasteiger partial charge on any atom is 0.141 e. The lowest BCUT2D eigenvalue weighted by molar-refractivity contribution is 0.198. The fourth-order valence-electron chi connectivity index (χ4n) is 2.87. The molecule has 0 atom stereocenters. The highest BCUT2D eigenvalue weighted by Crippen LogP contribution is 2.35. The van der Waals surface area contributed by atoms with E-state index in [-0.39, 0.29) is 5.82 Å². The summed E-state index contributed by atoms with van der Waals surface area (Å²) in [5, 5.41) is 0. The van der Waals surface area contributed by atoms with Crippen molar-refractivity contribution >= 4 is 5.82 Å². The molecule has 4 heteroatoms. The maximum atomic E-state index is 13.2. The predicted molar refractivity (Wildman–Crippen MR) is 76.5 cm³/mol. The highest BCUT2D eigenvalue weighted by atomic mass is 19.1. The quantitative estimate of drug-likeness (QED) is 0.894. The zero-order chi connectivity index (χ0) is 14.0. The first kappa shape index (κ1) is 14.3. The Kier molecular flexibility index (Phi) is 4.09. The SMILES string of the molecule is CC(C)(C)C1CCN(c2ncc(F)cc2CN)CC1. The van der Waals surface area contributed by atoms with Gasteiger partial charge in [-0.25, -0.2) is 9.37 Å². The number of hydrogen-bond acceptors (Lipinski definition) is 3. The summed E-state index contributed by atoms with van der Waals surface area (Å²) >= 11 is 0. The van der Waals surface area contributed by atoms with E-state index in [1.54, 1.807) is 0 Å². The molecule has 0 unspecified atom stereocenters. The van der Waals surface area contributed by atoms with Crippen LogP contribution in [0.1, 0.15) is 39.2 Å². The van der Waals surface area contributed by atoms with Crippen LogP contribution in [0, 0.1) is 17.2 Å². The van der Waals surface area contributed by atoms with E-state index in [4.69, 9.17) is 5.73 Å². The molecule has 2 heterocycles. The molecule has 0 spiro atoms. The lowest BCUT2D eigenvalue weighted by Crippen LogP contribution is -2.39. The van der Waals surface area contributed by atoms with E-state index in [0.29, 0.717) is 12.0 Å². The van der Waals surface area contributed by atoms with Crippen molar-refractivity contribution in [3.8, 4) is 0 Å². The lowest BCUT2D eigenvalue weighted by Gasteiger charge is -2.39. The second-order valence-corrected chi connectivity index (χ2v) is 6.47. The van der Waals surface area contributed by atoms with Gasteiger partial charge in [0.25, 0.3) is 0 Å². The van der Waals surface area contributed by atoms with Crippen molar-refractivity contribution in [2.24, 2.45) is 17.1 Å². The van der Waals surface area contributed by atoms with Gasteiger partial charge in [0, 0.05) is 25.2 Å². The highest BCUT2D eigenvalue weighted by molar-refractivity contribution is 5.47. The molecule has 1 aromatic heterocycles. The normalized spacial score (nSPS) is 17.8. The zero-order valence-corrected chi connectivity index (χ0v) is 12.1. The molecule has 0 bridgehead atoms. The molecule has 0 aromatic carbocycles. The molecule has 1 aliphatic rings. The van der Waals surface area contributed by atoms with Gasteiger partial charge in [0.2, 0.25) is 0 Å². The van der Waals surface area contributed by atoms with Crippen LogP contribution in [0.25, 0.3) is 0 Å². The average Bonchev–Trinajstić information content (AvgIpc) is 2.37. The summed E-state index contributed by atoms with van der Waals surface area (Å²) in [6, 6.07) is 1.50. The number of aromatic nitrogens is 1. The monoisotopic (exact) mass is 265 g/mol. The van der Waals surface area contributed by atoms with E-state index in [9.17, 15) is 4.39 Å². The molecule has 0 amide bonds. The second kappa shape index (κ2) is 5.45. The summed E-state index contributed by atoms with van der Waals surface area (Å²) < 4.78 is 13.2. The van der Waals surface area contributed by atoms with Crippen LogP contribution in [0.15, 0.2) is 12.3 Å². The topological polar surface area (TPSA) is 42.2 Å². The van der Waals surface area contributed by atoms with Gasteiger partial charge in [-0.15, -0.1) is 0 Å². The molecule has 3 nitrogen and oxygen atoms in total. The number of hydrogen-bond donors (Lipinski definition) is 1. The molecule has 19 heavy (non-hydrogen) atoms. The Bertz CT molecular complexity index is 432. The van der Waals surface area contributed by atoms with E-state index in [1.807, 2.05) is 0 Å². The minimum absolute atomic E-state index is 0.311. The van der Waals surface area contributed by atoms with Crippen LogP contribution >= 0.6 is 0 Å². The third-order valence-corrected chi connectivity index (χ3v) is 4.15. The van der Waals surface area contributed by atoms with Crippen LogP contribution in [-0.2, 0) is 6.54 Å². The van der Waals surface area contributed by atoms with Crippen molar-refractivity contribution < 1.29 is 4.39 Å². The Morgan fingerprint density at radius 1 is 1.37 bits per heavy atom. The molecule has 106 valence electrons. The molecule has 2 N–H and O–H groups in total. The van der Waals surface area contributed by atoms with Crippen molar-refractivity contribution in [3.63, 3.8) is 0 Å². The summed E-state index contributed by atoms with van der Waals surface area (Å²) in [6.45, 7) is 9.19. The molecule has 1 saturated heterocycles. The van der Waals surface area contributed by atoms with Gasteiger partial charge in [0.1, 0.15) is 11.6 Å². The molecule has 0 aliphatic carbocycles. The summed E-state index contributed by atoms with van der Waals surface area (Å²) in [7, 11) is 0. The number of nitrogens with zero attached hydrogens (tertiary/aromatic N) is 2. The van der Waals surface area contributed by atoms with E-state index >= 15 is 0 Å². The van der Waals surface area contributed by atoms with E-state index in [0.717, 1.165) is 43.2 Å². The van der Waals surface area contributed by atoms with Gasteiger partial charge in [0.15, 0.2) is 0 Å². The molecular weight excluding hydrogens is 241 g/mol.